The monoisotopic (exact) mass is 482 g/mol. The maximum Gasteiger partial charge on any atom is 0.225 e. The zero-order valence-corrected chi connectivity index (χ0v) is 20.2. The van der Waals surface area contributed by atoms with Gasteiger partial charge in [0, 0.05) is 15.7 Å². The molecule has 2 aromatic carbocycles. The highest BCUT2D eigenvalue weighted by Gasteiger charge is 2.18. The van der Waals surface area contributed by atoms with Gasteiger partial charge in [0.25, 0.3) is 0 Å². The Hall–Kier alpha value is -2.61. The lowest BCUT2D eigenvalue weighted by molar-refractivity contribution is -0.120. The number of aryl methyl sites for hydroxylation is 2. The molecule has 0 fully saturated rings. The van der Waals surface area contributed by atoms with Crippen LogP contribution in [0.3, 0.4) is 0 Å². The summed E-state index contributed by atoms with van der Waals surface area (Å²) in [5.74, 6) is 1.40. The van der Waals surface area contributed by atoms with E-state index in [0.29, 0.717) is 17.3 Å². The number of amides is 1. The van der Waals surface area contributed by atoms with E-state index in [4.69, 9.17) is 11.6 Å². The second-order valence-electron chi connectivity index (χ2n) is 7.41. The zero-order valence-electron chi connectivity index (χ0n) is 17.8. The molecule has 0 aliphatic rings. The van der Waals surface area contributed by atoms with Crippen LogP contribution in [-0.2, 0) is 23.5 Å². The molecule has 164 valence electrons. The molecule has 1 amide bonds. The highest BCUT2D eigenvalue weighted by atomic mass is 35.5. The largest absolute Gasteiger partial charge is 0.348 e. The van der Waals surface area contributed by atoms with Crippen LogP contribution in [0.4, 0.5) is 0 Å². The molecule has 0 radical (unpaired) electrons. The molecule has 0 unspecified atom stereocenters. The van der Waals surface area contributed by atoms with Crippen molar-refractivity contribution in [2.45, 2.75) is 37.7 Å². The molecule has 8 heteroatoms. The third-order valence-corrected chi connectivity index (χ3v) is 7.18. The van der Waals surface area contributed by atoms with Crippen LogP contribution in [0.1, 0.15) is 27.4 Å². The first-order valence-corrected chi connectivity index (χ1v) is 12.4. The van der Waals surface area contributed by atoms with Gasteiger partial charge in [-0.15, -0.1) is 21.5 Å². The zero-order chi connectivity index (χ0) is 22.5. The molecule has 5 nitrogen and oxygen atoms in total. The molecule has 4 aromatic rings. The minimum absolute atomic E-state index is 0.0427. The van der Waals surface area contributed by atoms with Gasteiger partial charge in [-0.2, -0.15) is 0 Å². The van der Waals surface area contributed by atoms with Gasteiger partial charge in [0.2, 0.25) is 5.91 Å². The summed E-state index contributed by atoms with van der Waals surface area (Å²) >= 11 is 9.50. The SMILES string of the molecule is Cc1ccccc1CSc1nnc(CNC(=O)Cc2cccs2)n1-c1cc(Cl)ccc1C. The Balaban J connectivity index is 1.59. The van der Waals surface area contributed by atoms with Gasteiger partial charge in [0.15, 0.2) is 11.0 Å². The van der Waals surface area contributed by atoms with E-state index in [1.807, 2.05) is 59.3 Å². The molecule has 0 spiro atoms. The van der Waals surface area contributed by atoms with Crippen LogP contribution in [-0.4, -0.2) is 20.7 Å². The van der Waals surface area contributed by atoms with E-state index < -0.39 is 0 Å². The summed E-state index contributed by atoms with van der Waals surface area (Å²) in [7, 11) is 0. The first-order valence-electron chi connectivity index (χ1n) is 10.2. The summed E-state index contributed by atoms with van der Waals surface area (Å²) < 4.78 is 2.00. The first-order chi connectivity index (χ1) is 15.5. The Labute approximate surface area is 200 Å². The van der Waals surface area contributed by atoms with E-state index in [1.165, 1.54) is 11.1 Å². The molecule has 0 saturated heterocycles. The van der Waals surface area contributed by atoms with Gasteiger partial charge >= 0.3 is 0 Å². The van der Waals surface area contributed by atoms with Crippen molar-refractivity contribution >= 4 is 40.6 Å². The highest BCUT2D eigenvalue weighted by molar-refractivity contribution is 7.98. The maximum atomic E-state index is 12.4. The van der Waals surface area contributed by atoms with E-state index >= 15 is 0 Å². The van der Waals surface area contributed by atoms with Gasteiger partial charge in [0.05, 0.1) is 18.7 Å². The molecule has 0 bridgehead atoms. The molecular formula is C24H23ClN4OS2. The fourth-order valence-corrected chi connectivity index (χ4v) is 5.21. The predicted molar refractivity (Wildman–Crippen MR) is 132 cm³/mol. The smallest absolute Gasteiger partial charge is 0.225 e. The number of halogens is 1. The van der Waals surface area contributed by atoms with Crippen molar-refractivity contribution < 1.29 is 4.79 Å². The normalized spacial score (nSPS) is 11.0. The number of nitrogens with one attached hydrogen (secondary N) is 1. The van der Waals surface area contributed by atoms with Crippen molar-refractivity contribution in [1.29, 1.82) is 0 Å². The van der Waals surface area contributed by atoms with Crippen molar-refractivity contribution in [3.63, 3.8) is 0 Å². The third-order valence-electron chi connectivity index (χ3n) is 5.09. The Kier molecular flexibility index (Phi) is 7.29. The van der Waals surface area contributed by atoms with E-state index in [0.717, 1.165) is 27.0 Å². The van der Waals surface area contributed by atoms with Crippen molar-refractivity contribution in [3.8, 4) is 5.69 Å². The van der Waals surface area contributed by atoms with E-state index in [1.54, 1.807) is 23.1 Å². The van der Waals surface area contributed by atoms with Gasteiger partial charge in [-0.3, -0.25) is 9.36 Å². The number of rotatable bonds is 8. The number of nitrogens with zero attached hydrogens (tertiary/aromatic N) is 3. The Morgan fingerprint density at radius 1 is 1.09 bits per heavy atom. The second kappa shape index (κ2) is 10.3. The standard InChI is InChI=1S/C24H23ClN4OS2/c1-16-6-3-4-7-18(16)15-32-24-28-27-22(14-26-23(30)13-20-8-5-11-31-20)29(24)21-12-19(25)10-9-17(21)2/h3-12H,13-15H2,1-2H3,(H,26,30). The van der Waals surface area contributed by atoms with Crippen LogP contribution in [0, 0.1) is 13.8 Å². The molecule has 4 rings (SSSR count). The number of benzene rings is 2. The van der Waals surface area contributed by atoms with Crippen LogP contribution < -0.4 is 5.32 Å². The number of carbonyl (C=O) groups is 1. The highest BCUT2D eigenvalue weighted by Crippen LogP contribution is 2.29. The van der Waals surface area contributed by atoms with Gasteiger partial charge in [-0.1, -0.05) is 59.8 Å². The van der Waals surface area contributed by atoms with Crippen LogP contribution in [0.2, 0.25) is 5.02 Å². The lowest BCUT2D eigenvalue weighted by Gasteiger charge is -2.14. The van der Waals surface area contributed by atoms with Gasteiger partial charge in [-0.05, 0) is 54.1 Å². The molecule has 0 atom stereocenters. The van der Waals surface area contributed by atoms with Gasteiger partial charge < -0.3 is 5.32 Å². The molecule has 1 N–H and O–H groups in total. The molecule has 2 heterocycles. The summed E-state index contributed by atoms with van der Waals surface area (Å²) in [5, 5.41) is 15.2. The van der Waals surface area contributed by atoms with Gasteiger partial charge in [0.1, 0.15) is 0 Å². The topological polar surface area (TPSA) is 59.8 Å². The summed E-state index contributed by atoms with van der Waals surface area (Å²) in [4.78, 5) is 13.5. The molecule has 0 saturated carbocycles. The molecule has 0 aliphatic heterocycles. The quantitative estimate of drug-likeness (QED) is 0.325. The van der Waals surface area contributed by atoms with Crippen LogP contribution >= 0.6 is 34.7 Å². The van der Waals surface area contributed by atoms with E-state index in [9.17, 15) is 4.79 Å². The van der Waals surface area contributed by atoms with Crippen molar-refractivity contribution in [1.82, 2.24) is 20.1 Å². The fraction of sp³-hybridized carbons (Fsp3) is 0.208. The van der Waals surface area contributed by atoms with Crippen molar-refractivity contribution in [2.75, 3.05) is 0 Å². The molecule has 2 aromatic heterocycles. The number of thiophene rings is 1. The Bertz CT molecular complexity index is 1220. The number of thioether (sulfide) groups is 1. The van der Waals surface area contributed by atoms with E-state index in [-0.39, 0.29) is 12.5 Å². The third kappa shape index (κ3) is 5.41. The summed E-state index contributed by atoms with van der Waals surface area (Å²) in [6.45, 7) is 4.42. The number of hydrogen-bond donors (Lipinski definition) is 1. The summed E-state index contributed by atoms with van der Waals surface area (Å²) in [5.41, 5.74) is 4.46. The molecule has 0 aliphatic carbocycles. The fourth-order valence-electron chi connectivity index (χ4n) is 3.30. The molecular weight excluding hydrogens is 460 g/mol. The summed E-state index contributed by atoms with van der Waals surface area (Å²) in [6, 6.07) is 18.0. The van der Waals surface area contributed by atoms with Crippen LogP contribution in [0.5, 0.6) is 0 Å². The lowest BCUT2D eigenvalue weighted by atomic mass is 10.1. The first kappa shape index (κ1) is 22.6. The van der Waals surface area contributed by atoms with Crippen molar-refractivity contribution in [2.24, 2.45) is 0 Å². The average Bonchev–Trinajstić information content (AvgIpc) is 3.43. The minimum atomic E-state index is -0.0427. The van der Waals surface area contributed by atoms with Crippen LogP contribution in [0.25, 0.3) is 5.69 Å². The van der Waals surface area contributed by atoms with Gasteiger partial charge in [-0.25, -0.2) is 0 Å². The average molecular weight is 483 g/mol. The number of hydrogen-bond acceptors (Lipinski definition) is 5. The molecule has 32 heavy (non-hydrogen) atoms. The minimum Gasteiger partial charge on any atom is -0.348 e. The number of carbonyl (C=O) groups excluding carboxylic acids is 1. The summed E-state index contributed by atoms with van der Waals surface area (Å²) in [6.07, 6.45) is 0.358. The lowest BCUT2D eigenvalue weighted by Crippen LogP contribution is -2.26. The number of aromatic nitrogens is 3. The van der Waals surface area contributed by atoms with Crippen molar-refractivity contribution in [3.05, 3.63) is 92.4 Å². The Morgan fingerprint density at radius 3 is 2.72 bits per heavy atom. The van der Waals surface area contributed by atoms with Crippen LogP contribution in [0.15, 0.2) is 65.1 Å². The van der Waals surface area contributed by atoms with E-state index in [2.05, 4.69) is 34.6 Å². The Morgan fingerprint density at radius 2 is 1.94 bits per heavy atom. The maximum absolute atomic E-state index is 12.4. The predicted octanol–water partition coefficient (Wildman–Crippen LogP) is 5.75. The second-order valence-corrected chi connectivity index (χ2v) is 9.82.